The van der Waals surface area contributed by atoms with Gasteiger partial charge in [-0.3, -0.25) is 9.59 Å². The maximum absolute atomic E-state index is 12.3. The first-order chi connectivity index (χ1) is 13.0. The number of carbonyl (C=O) groups excluding carboxylic acids is 3. The summed E-state index contributed by atoms with van der Waals surface area (Å²) in [5.74, 6) is -0.652. The van der Waals surface area contributed by atoms with Crippen LogP contribution in [0.25, 0.3) is 0 Å². The summed E-state index contributed by atoms with van der Waals surface area (Å²) in [7, 11) is 0. The van der Waals surface area contributed by atoms with E-state index in [0.29, 0.717) is 44.0 Å². The van der Waals surface area contributed by atoms with Crippen molar-refractivity contribution in [2.75, 3.05) is 33.1 Å². The second-order valence-electron chi connectivity index (χ2n) is 6.18. The van der Waals surface area contributed by atoms with E-state index in [-0.39, 0.29) is 41.8 Å². The van der Waals surface area contributed by atoms with Gasteiger partial charge in [-0.1, -0.05) is 11.6 Å². The molecule has 1 amide bonds. The molecule has 0 unspecified atom stereocenters. The molecule has 1 aromatic carbocycles. The quantitative estimate of drug-likeness (QED) is 0.702. The number of likely N-dealkylation sites (tertiary alicyclic amines) is 1. The van der Waals surface area contributed by atoms with Gasteiger partial charge in [-0.05, 0) is 31.9 Å². The highest BCUT2D eigenvalue weighted by molar-refractivity contribution is 6.32. The Bertz CT molecular complexity index is 743. The van der Waals surface area contributed by atoms with Crippen LogP contribution in [0.1, 0.15) is 30.1 Å². The van der Waals surface area contributed by atoms with Crippen molar-refractivity contribution in [3.63, 3.8) is 0 Å². The molecule has 2 aliphatic heterocycles. The average molecular weight is 398 g/mol. The molecule has 0 aromatic heterocycles. The second-order valence-corrected chi connectivity index (χ2v) is 6.58. The number of hydrogen-bond donors (Lipinski definition) is 0. The van der Waals surface area contributed by atoms with E-state index in [0.717, 1.165) is 0 Å². The Balaban J connectivity index is 1.49. The molecule has 2 heterocycles. The third-order valence-corrected chi connectivity index (χ3v) is 4.74. The molecule has 146 valence electrons. The zero-order valence-electron chi connectivity index (χ0n) is 14.9. The molecule has 0 bridgehead atoms. The highest BCUT2D eigenvalue weighted by Gasteiger charge is 2.29. The third-order valence-electron chi connectivity index (χ3n) is 4.46. The van der Waals surface area contributed by atoms with E-state index in [4.69, 9.17) is 30.5 Å². The highest BCUT2D eigenvalue weighted by atomic mass is 35.5. The Morgan fingerprint density at radius 2 is 1.93 bits per heavy atom. The number of esters is 2. The van der Waals surface area contributed by atoms with Crippen molar-refractivity contribution in [1.29, 1.82) is 0 Å². The molecule has 8 nitrogen and oxygen atoms in total. The Hall–Kier alpha value is -2.48. The zero-order valence-corrected chi connectivity index (χ0v) is 15.6. The second kappa shape index (κ2) is 8.47. The summed E-state index contributed by atoms with van der Waals surface area (Å²) in [6.07, 6.45) is 1.08. The fraction of sp³-hybridized carbons (Fsp3) is 0.500. The SMILES string of the molecule is CCOC(=O)C1CCN(C(=O)COC(=O)c2cc(Cl)c3c(c2)OCO3)CC1. The van der Waals surface area contributed by atoms with E-state index >= 15 is 0 Å². The number of hydrogen-bond acceptors (Lipinski definition) is 7. The van der Waals surface area contributed by atoms with Gasteiger partial charge in [-0.2, -0.15) is 0 Å². The molecule has 1 aromatic rings. The number of ether oxygens (including phenoxy) is 4. The van der Waals surface area contributed by atoms with E-state index < -0.39 is 5.97 Å². The Kier molecular flexibility index (Phi) is 6.05. The first-order valence-corrected chi connectivity index (χ1v) is 9.08. The van der Waals surface area contributed by atoms with Gasteiger partial charge in [0, 0.05) is 13.1 Å². The van der Waals surface area contributed by atoms with Crippen LogP contribution in [0.15, 0.2) is 12.1 Å². The smallest absolute Gasteiger partial charge is 0.338 e. The van der Waals surface area contributed by atoms with Crippen molar-refractivity contribution < 1.29 is 33.3 Å². The lowest BCUT2D eigenvalue weighted by molar-refractivity contribution is -0.151. The van der Waals surface area contributed by atoms with Gasteiger partial charge < -0.3 is 23.8 Å². The first-order valence-electron chi connectivity index (χ1n) is 8.70. The standard InChI is InChI=1S/C18H20ClNO7/c1-2-24-17(22)11-3-5-20(6-4-11)15(21)9-25-18(23)12-7-13(19)16-14(8-12)26-10-27-16/h7-8,11H,2-6,9-10H2,1H3. The summed E-state index contributed by atoms with van der Waals surface area (Å²) in [5, 5.41) is 0.240. The van der Waals surface area contributed by atoms with Gasteiger partial charge in [0.1, 0.15) is 0 Å². The van der Waals surface area contributed by atoms with Crippen molar-refractivity contribution in [3.05, 3.63) is 22.7 Å². The number of carbonyl (C=O) groups is 3. The highest BCUT2D eigenvalue weighted by Crippen LogP contribution is 2.39. The first kappa shape index (κ1) is 19.3. The molecule has 0 spiro atoms. The van der Waals surface area contributed by atoms with Crippen LogP contribution in [-0.2, 0) is 19.1 Å². The van der Waals surface area contributed by atoms with Crippen LogP contribution < -0.4 is 9.47 Å². The molecule has 27 heavy (non-hydrogen) atoms. The number of amides is 1. The maximum Gasteiger partial charge on any atom is 0.338 e. The summed E-state index contributed by atoms with van der Waals surface area (Å²) < 4.78 is 20.5. The lowest BCUT2D eigenvalue weighted by Gasteiger charge is -2.30. The largest absolute Gasteiger partial charge is 0.466 e. The van der Waals surface area contributed by atoms with Gasteiger partial charge in [-0.25, -0.2) is 4.79 Å². The number of rotatable bonds is 5. The molecule has 0 atom stereocenters. The van der Waals surface area contributed by atoms with E-state index in [2.05, 4.69) is 0 Å². The zero-order chi connectivity index (χ0) is 19.4. The lowest BCUT2D eigenvalue weighted by atomic mass is 9.97. The van der Waals surface area contributed by atoms with Gasteiger partial charge in [0.15, 0.2) is 18.1 Å². The summed E-state index contributed by atoms with van der Waals surface area (Å²) in [5.41, 5.74) is 0.179. The van der Waals surface area contributed by atoms with Crippen LogP contribution in [0.4, 0.5) is 0 Å². The Morgan fingerprint density at radius 1 is 1.19 bits per heavy atom. The minimum atomic E-state index is -0.676. The molecule has 0 N–H and O–H groups in total. The topological polar surface area (TPSA) is 91.4 Å². The number of fused-ring (bicyclic) bond motifs is 1. The average Bonchev–Trinajstić information content (AvgIpc) is 3.15. The third kappa shape index (κ3) is 4.44. The van der Waals surface area contributed by atoms with Crippen molar-refractivity contribution in [2.45, 2.75) is 19.8 Å². The monoisotopic (exact) mass is 397 g/mol. The number of piperidine rings is 1. The number of benzene rings is 1. The molecular formula is C18H20ClNO7. The van der Waals surface area contributed by atoms with Crippen molar-refractivity contribution in [2.24, 2.45) is 5.92 Å². The summed E-state index contributed by atoms with van der Waals surface area (Å²) in [6, 6.07) is 2.87. The predicted octanol–water partition coefficient (Wildman–Crippen LogP) is 2.03. The van der Waals surface area contributed by atoms with E-state index in [1.54, 1.807) is 11.8 Å². The van der Waals surface area contributed by atoms with E-state index in [1.807, 2.05) is 0 Å². The van der Waals surface area contributed by atoms with E-state index in [1.165, 1.54) is 12.1 Å². The maximum atomic E-state index is 12.3. The minimum Gasteiger partial charge on any atom is -0.466 e. The Morgan fingerprint density at radius 3 is 2.63 bits per heavy atom. The normalized spacial score (nSPS) is 16.1. The Labute approximate surface area is 161 Å². The fourth-order valence-corrected chi connectivity index (χ4v) is 3.28. The molecule has 0 aliphatic carbocycles. The minimum absolute atomic E-state index is 0.0355. The predicted molar refractivity (Wildman–Crippen MR) is 93.8 cm³/mol. The van der Waals surface area contributed by atoms with E-state index in [9.17, 15) is 14.4 Å². The van der Waals surface area contributed by atoms with Gasteiger partial charge in [0.25, 0.3) is 5.91 Å². The van der Waals surface area contributed by atoms with Crippen LogP contribution in [0, 0.1) is 5.92 Å². The lowest BCUT2D eigenvalue weighted by Crippen LogP contribution is -2.42. The van der Waals surface area contributed by atoms with Gasteiger partial charge >= 0.3 is 11.9 Å². The molecule has 2 aliphatic rings. The van der Waals surface area contributed by atoms with Gasteiger partial charge in [0.2, 0.25) is 6.79 Å². The van der Waals surface area contributed by atoms with Crippen LogP contribution >= 0.6 is 11.6 Å². The summed E-state index contributed by atoms with van der Waals surface area (Å²) >= 11 is 6.04. The van der Waals surface area contributed by atoms with Crippen LogP contribution in [0.2, 0.25) is 5.02 Å². The summed E-state index contributed by atoms with van der Waals surface area (Å²) in [4.78, 5) is 37.7. The van der Waals surface area contributed by atoms with Crippen LogP contribution in [-0.4, -0.2) is 55.8 Å². The van der Waals surface area contributed by atoms with Gasteiger partial charge in [0.05, 0.1) is 23.1 Å². The molecule has 0 radical (unpaired) electrons. The number of nitrogens with zero attached hydrogens (tertiary/aromatic N) is 1. The fourth-order valence-electron chi connectivity index (χ4n) is 3.01. The molecule has 3 rings (SSSR count). The van der Waals surface area contributed by atoms with Gasteiger partial charge in [-0.15, -0.1) is 0 Å². The molecule has 9 heteroatoms. The van der Waals surface area contributed by atoms with Crippen molar-refractivity contribution in [3.8, 4) is 11.5 Å². The van der Waals surface area contributed by atoms with Crippen molar-refractivity contribution in [1.82, 2.24) is 4.90 Å². The van der Waals surface area contributed by atoms with Crippen LogP contribution in [0.3, 0.4) is 0 Å². The summed E-state index contributed by atoms with van der Waals surface area (Å²) in [6.45, 7) is 2.62. The molecule has 1 saturated heterocycles. The van der Waals surface area contributed by atoms with Crippen LogP contribution in [0.5, 0.6) is 11.5 Å². The molecule has 0 saturated carbocycles. The molecule has 1 fully saturated rings. The number of halogens is 1. The van der Waals surface area contributed by atoms with Crippen molar-refractivity contribution >= 4 is 29.4 Å². The molecular weight excluding hydrogens is 378 g/mol.